The van der Waals surface area contributed by atoms with E-state index in [1.54, 1.807) is 0 Å². The zero-order chi connectivity index (χ0) is 13.7. The lowest BCUT2D eigenvalue weighted by molar-refractivity contribution is 0.0386. The van der Waals surface area contributed by atoms with Gasteiger partial charge in [-0.2, -0.15) is 0 Å². The molecule has 0 spiro atoms. The van der Waals surface area contributed by atoms with Crippen LogP contribution < -0.4 is 5.32 Å². The molecule has 1 aliphatic rings. The third-order valence-electron chi connectivity index (χ3n) is 3.15. The highest BCUT2D eigenvalue weighted by atomic mass is 32.2. The highest BCUT2D eigenvalue weighted by molar-refractivity contribution is 7.91. The van der Waals surface area contributed by atoms with E-state index in [9.17, 15) is 8.42 Å². The molecular weight excluding hydrogens is 264 g/mol. The fourth-order valence-corrected chi connectivity index (χ4v) is 2.86. The van der Waals surface area contributed by atoms with E-state index in [4.69, 9.17) is 4.74 Å². The average Bonchev–Trinajstić information content (AvgIpc) is 2.39. The summed E-state index contributed by atoms with van der Waals surface area (Å²) in [5.74, 6) is 0. The van der Waals surface area contributed by atoms with Crippen molar-refractivity contribution < 1.29 is 13.2 Å². The van der Waals surface area contributed by atoms with Crippen LogP contribution in [-0.2, 0) is 14.6 Å². The van der Waals surface area contributed by atoms with E-state index >= 15 is 0 Å². The van der Waals surface area contributed by atoms with Crippen molar-refractivity contribution in [2.24, 2.45) is 0 Å². The molecule has 0 saturated carbocycles. The summed E-state index contributed by atoms with van der Waals surface area (Å²) >= 11 is 0. The first-order valence-electron chi connectivity index (χ1n) is 6.36. The highest BCUT2D eigenvalue weighted by Crippen LogP contribution is 2.12. The van der Waals surface area contributed by atoms with Gasteiger partial charge in [0, 0.05) is 31.6 Å². The maximum Gasteiger partial charge on any atom is 0.169 e. The molecule has 1 N–H and O–H groups in total. The Bertz CT molecular complexity index is 484. The van der Waals surface area contributed by atoms with Gasteiger partial charge in [-0.25, -0.2) is 8.42 Å². The maximum absolute atomic E-state index is 11.9. The minimum atomic E-state index is -3.16. The molecule has 19 heavy (non-hydrogen) atoms. The molecule has 0 bridgehead atoms. The van der Waals surface area contributed by atoms with Gasteiger partial charge in [0.1, 0.15) is 5.37 Å². The van der Waals surface area contributed by atoms with Crippen molar-refractivity contribution in [3.05, 3.63) is 30.3 Å². The van der Waals surface area contributed by atoms with Gasteiger partial charge >= 0.3 is 0 Å². The Morgan fingerprint density at radius 1 is 1.26 bits per heavy atom. The Hall–Kier alpha value is -1.11. The molecule has 0 aromatic heterocycles. The number of ether oxygens (including phenoxy) is 1. The highest BCUT2D eigenvalue weighted by Gasteiger charge is 2.24. The van der Waals surface area contributed by atoms with Crippen LogP contribution in [0.1, 0.15) is 0 Å². The molecular formula is C13H20N2O3S. The molecule has 0 radical (unpaired) electrons. The Balaban J connectivity index is 2.04. The SMILES string of the molecule is CS(=O)(=O)C(CN1CCOCC1)Nc1ccccc1. The van der Waals surface area contributed by atoms with Crippen molar-refractivity contribution in [2.45, 2.75) is 5.37 Å². The van der Waals surface area contributed by atoms with E-state index in [0.717, 1.165) is 18.8 Å². The number of morpholine rings is 1. The second kappa shape index (κ2) is 6.36. The second-order valence-corrected chi connectivity index (χ2v) is 6.97. The molecule has 2 rings (SSSR count). The van der Waals surface area contributed by atoms with Gasteiger partial charge in [-0.15, -0.1) is 0 Å². The number of anilines is 1. The van der Waals surface area contributed by atoms with Crippen LogP contribution in [0.3, 0.4) is 0 Å². The van der Waals surface area contributed by atoms with Crippen molar-refractivity contribution in [3.8, 4) is 0 Å². The number of nitrogens with one attached hydrogen (secondary N) is 1. The zero-order valence-corrected chi connectivity index (χ0v) is 11.9. The fraction of sp³-hybridized carbons (Fsp3) is 0.538. The van der Waals surface area contributed by atoms with Crippen LogP contribution in [0.4, 0.5) is 5.69 Å². The Kier molecular flexibility index (Phi) is 4.79. The summed E-state index contributed by atoms with van der Waals surface area (Å²) in [6.45, 7) is 3.38. The summed E-state index contributed by atoms with van der Waals surface area (Å²) in [4.78, 5) is 2.12. The molecule has 1 aliphatic heterocycles. The van der Waals surface area contributed by atoms with Gasteiger partial charge in [0.15, 0.2) is 9.84 Å². The largest absolute Gasteiger partial charge is 0.379 e. The summed E-state index contributed by atoms with van der Waals surface area (Å²) in [5, 5.41) is 2.51. The van der Waals surface area contributed by atoms with Gasteiger partial charge in [0.25, 0.3) is 0 Å². The lowest BCUT2D eigenvalue weighted by Gasteiger charge is -2.30. The monoisotopic (exact) mass is 284 g/mol. The van der Waals surface area contributed by atoms with Crippen LogP contribution in [0.2, 0.25) is 0 Å². The van der Waals surface area contributed by atoms with E-state index < -0.39 is 15.2 Å². The number of nitrogens with zero attached hydrogens (tertiary/aromatic N) is 1. The minimum absolute atomic E-state index is 0.483. The zero-order valence-electron chi connectivity index (χ0n) is 11.1. The van der Waals surface area contributed by atoms with E-state index in [1.165, 1.54) is 6.26 Å². The molecule has 106 valence electrons. The van der Waals surface area contributed by atoms with Crippen molar-refractivity contribution in [1.29, 1.82) is 0 Å². The van der Waals surface area contributed by atoms with Crippen molar-refractivity contribution in [2.75, 3.05) is 44.4 Å². The molecule has 0 amide bonds. The van der Waals surface area contributed by atoms with Crippen molar-refractivity contribution >= 4 is 15.5 Å². The van der Waals surface area contributed by atoms with Crippen LogP contribution in [0.5, 0.6) is 0 Å². The number of hydrogen-bond acceptors (Lipinski definition) is 5. The number of benzene rings is 1. The first-order valence-corrected chi connectivity index (χ1v) is 8.32. The van der Waals surface area contributed by atoms with Crippen LogP contribution in [0.15, 0.2) is 30.3 Å². The standard InChI is InChI=1S/C13H20N2O3S/c1-19(16,17)13(11-15-7-9-18-10-8-15)14-12-5-3-2-4-6-12/h2-6,13-14H,7-11H2,1H3. The molecule has 6 heteroatoms. The summed E-state index contributed by atoms with van der Waals surface area (Å²) < 4.78 is 29.1. The smallest absolute Gasteiger partial charge is 0.169 e. The van der Waals surface area contributed by atoms with Gasteiger partial charge < -0.3 is 10.1 Å². The van der Waals surface area contributed by atoms with Crippen molar-refractivity contribution in [1.82, 2.24) is 4.90 Å². The fourth-order valence-electron chi connectivity index (χ4n) is 2.03. The quantitative estimate of drug-likeness (QED) is 0.867. The van der Waals surface area contributed by atoms with Crippen molar-refractivity contribution in [3.63, 3.8) is 0 Å². The average molecular weight is 284 g/mol. The normalized spacial score (nSPS) is 19.0. The maximum atomic E-state index is 11.9. The van der Waals surface area contributed by atoms with Crippen LogP contribution in [0, 0.1) is 0 Å². The van der Waals surface area contributed by atoms with Crippen LogP contribution in [0.25, 0.3) is 0 Å². The van der Waals surface area contributed by atoms with E-state index in [1.807, 2.05) is 30.3 Å². The molecule has 1 atom stereocenters. The van der Waals surface area contributed by atoms with Gasteiger partial charge in [0.2, 0.25) is 0 Å². The van der Waals surface area contributed by atoms with E-state index in [2.05, 4.69) is 10.2 Å². The molecule has 1 aromatic carbocycles. The summed E-state index contributed by atoms with van der Waals surface area (Å²) in [6, 6.07) is 9.42. The molecule has 1 saturated heterocycles. The Labute approximate surface area is 114 Å². The number of rotatable bonds is 5. The van der Waals surface area contributed by atoms with E-state index in [-0.39, 0.29) is 0 Å². The van der Waals surface area contributed by atoms with Gasteiger partial charge in [-0.3, -0.25) is 4.90 Å². The molecule has 1 unspecified atom stereocenters. The number of sulfone groups is 1. The first kappa shape index (κ1) is 14.3. The van der Waals surface area contributed by atoms with E-state index in [0.29, 0.717) is 19.8 Å². The number of hydrogen-bond donors (Lipinski definition) is 1. The Morgan fingerprint density at radius 2 is 1.89 bits per heavy atom. The van der Waals surface area contributed by atoms with Crippen LogP contribution in [-0.4, -0.2) is 57.8 Å². The molecule has 1 heterocycles. The predicted molar refractivity (Wildman–Crippen MR) is 76.0 cm³/mol. The minimum Gasteiger partial charge on any atom is -0.379 e. The summed E-state index contributed by atoms with van der Waals surface area (Å²) in [5.41, 5.74) is 0.825. The lowest BCUT2D eigenvalue weighted by atomic mass is 10.3. The Morgan fingerprint density at radius 3 is 2.47 bits per heavy atom. The third kappa shape index (κ3) is 4.49. The third-order valence-corrected chi connectivity index (χ3v) is 4.45. The second-order valence-electron chi connectivity index (χ2n) is 4.74. The predicted octanol–water partition coefficient (Wildman–Crippen LogP) is 0.801. The first-order chi connectivity index (χ1) is 9.05. The molecule has 1 fully saturated rings. The lowest BCUT2D eigenvalue weighted by Crippen LogP contribution is -2.45. The topological polar surface area (TPSA) is 58.6 Å². The van der Waals surface area contributed by atoms with Crippen LogP contribution >= 0.6 is 0 Å². The molecule has 5 nitrogen and oxygen atoms in total. The summed E-state index contributed by atoms with van der Waals surface area (Å²) in [7, 11) is -3.16. The molecule has 1 aromatic rings. The number of para-hydroxylation sites is 1. The van der Waals surface area contributed by atoms with Gasteiger partial charge in [-0.1, -0.05) is 18.2 Å². The van der Waals surface area contributed by atoms with Gasteiger partial charge in [0.05, 0.1) is 13.2 Å². The van der Waals surface area contributed by atoms with Gasteiger partial charge in [-0.05, 0) is 12.1 Å². The molecule has 0 aliphatic carbocycles. The summed E-state index contributed by atoms with van der Waals surface area (Å²) in [6.07, 6.45) is 1.27.